The Balaban J connectivity index is 1.44. The predicted molar refractivity (Wildman–Crippen MR) is 84.8 cm³/mol. The summed E-state index contributed by atoms with van der Waals surface area (Å²) < 4.78 is 13.1. The summed E-state index contributed by atoms with van der Waals surface area (Å²) in [6.07, 6.45) is 7.97. The first-order chi connectivity index (χ1) is 10.3. The molecule has 116 valence electrons. The highest BCUT2D eigenvalue weighted by Gasteiger charge is 2.31. The predicted octanol–water partition coefficient (Wildman–Crippen LogP) is 3.74. The Bertz CT molecular complexity index is 421. The fourth-order valence-electron chi connectivity index (χ4n) is 3.40. The third kappa shape index (κ3) is 4.52. The van der Waals surface area contributed by atoms with E-state index < -0.39 is 0 Å². The number of benzene rings is 1. The van der Waals surface area contributed by atoms with Crippen LogP contribution in [-0.4, -0.2) is 31.1 Å². The van der Waals surface area contributed by atoms with E-state index in [-0.39, 0.29) is 5.82 Å². The van der Waals surface area contributed by atoms with Gasteiger partial charge in [-0.2, -0.15) is 0 Å². The van der Waals surface area contributed by atoms with E-state index in [0.29, 0.717) is 6.04 Å². The SMILES string of the molecule is Fc1ccc(C(NCCCN2CCCCC2)C2CC2)cc1. The second-order valence-electron chi connectivity index (χ2n) is 6.58. The minimum absolute atomic E-state index is 0.140. The summed E-state index contributed by atoms with van der Waals surface area (Å²) in [4.78, 5) is 2.59. The lowest BCUT2D eigenvalue weighted by molar-refractivity contribution is 0.224. The molecule has 1 aromatic rings. The van der Waals surface area contributed by atoms with Crippen molar-refractivity contribution in [3.8, 4) is 0 Å². The molecule has 1 heterocycles. The molecule has 0 amide bonds. The van der Waals surface area contributed by atoms with Crippen LogP contribution in [0.1, 0.15) is 50.1 Å². The standard InChI is InChI=1S/C18H27FN2/c19-17-9-7-16(8-10-17)18(15-5-6-15)20-11-4-14-21-12-2-1-3-13-21/h7-10,15,18,20H,1-6,11-14H2. The van der Waals surface area contributed by atoms with Crippen LogP contribution in [0.5, 0.6) is 0 Å². The molecule has 3 rings (SSSR count). The van der Waals surface area contributed by atoms with Crippen molar-refractivity contribution in [1.82, 2.24) is 10.2 Å². The van der Waals surface area contributed by atoms with Gasteiger partial charge in [-0.1, -0.05) is 18.6 Å². The van der Waals surface area contributed by atoms with E-state index in [4.69, 9.17) is 0 Å². The topological polar surface area (TPSA) is 15.3 Å². The van der Waals surface area contributed by atoms with Gasteiger partial charge in [-0.3, -0.25) is 0 Å². The van der Waals surface area contributed by atoms with Crippen LogP contribution in [0, 0.1) is 11.7 Å². The minimum atomic E-state index is -0.140. The molecule has 1 aliphatic heterocycles. The van der Waals surface area contributed by atoms with E-state index in [0.717, 1.165) is 12.5 Å². The lowest BCUT2D eigenvalue weighted by Gasteiger charge is -2.27. The number of hydrogen-bond acceptors (Lipinski definition) is 2. The zero-order valence-corrected chi connectivity index (χ0v) is 12.9. The molecular formula is C18H27FN2. The number of likely N-dealkylation sites (tertiary alicyclic amines) is 1. The Labute approximate surface area is 127 Å². The first-order valence-electron chi connectivity index (χ1n) is 8.54. The smallest absolute Gasteiger partial charge is 0.123 e. The molecule has 1 aromatic carbocycles. The van der Waals surface area contributed by atoms with Gasteiger partial charge in [-0.05, 0) is 81.9 Å². The quantitative estimate of drug-likeness (QED) is 0.770. The van der Waals surface area contributed by atoms with Crippen molar-refractivity contribution < 1.29 is 4.39 Å². The van der Waals surface area contributed by atoms with Gasteiger partial charge in [0.05, 0.1) is 0 Å². The van der Waals surface area contributed by atoms with Crippen molar-refractivity contribution >= 4 is 0 Å². The molecule has 2 nitrogen and oxygen atoms in total. The second kappa shape index (κ2) is 7.37. The average molecular weight is 290 g/mol. The summed E-state index contributed by atoms with van der Waals surface area (Å²) in [5.74, 6) is 0.615. The van der Waals surface area contributed by atoms with Crippen LogP contribution in [0.3, 0.4) is 0 Å². The number of rotatable bonds is 7. The Morgan fingerprint density at radius 3 is 2.48 bits per heavy atom. The van der Waals surface area contributed by atoms with Gasteiger partial charge >= 0.3 is 0 Å². The molecule has 3 heteroatoms. The summed E-state index contributed by atoms with van der Waals surface area (Å²) >= 11 is 0. The third-order valence-corrected chi connectivity index (χ3v) is 4.79. The van der Waals surface area contributed by atoms with Gasteiger partial charge in [0.1, 0.15) is 5.82 Å². The molecule has 2 fully saturated rings. The van der Waals surface area contributed by atoms with E-state index in [1.54, 1.807) is 12.1 Å². The van der Waals surface area contributed by atoms with Crippen LogP contribution in [0.4, 0.5) is 4.39 Å². The molecule has 0 radical (unpaired) electrons. The zero-order chi connectivity index (χ0) is 14.5. The van der Waals surface area contributed by atoms with E-state index in [9.17, 15) is 4.39 Å². The maximum atomic E-state index is 13.1. The number of piperidine rings is 1. The number of nitrogens with one attached hydrogen (secondary N) is 1. The lowest BCUT2D eigenvalue weighted by atomic mass is 10.0. The Morgan fingerprint density at radius 2 is 1.81 bits per heavy atom. The van der Waals surface area contributed by atoms with Crippen LogP contribution in [0.15, 0.2) is 24.3 Å². The van der Waals surface area contributed by atoms with Crippen LogP contribution in [-0.2, 0) is 0 Å². The zero-order valence-electron chi connectivity index (χ0n) is 12.9. The molecule has 1 atom stereocenters. The second-order valence-corrected chi connectivity index (χ2v) is 6.58. The summed E-state index contributed by atoms with van der Waals surface area (Å²) in [6, 6.07) is 7.47. The highest BCUT2D eigenvalue weighted by molar-refractivity contribution is 5.21. The average Bonchev–Trinajstić information content (AvgIpc) is 3.34. The first kappa shape index (κ1) is 15.0. The van der Waals surface area contributed by atoms with Crippen LogP contribution in [0.2, 0.25) is 0 Å². The molecular weight excluding hydrogens is 263 g/mol. The van der Waals surface area contributed by atoms with Crippen molar-refractivity contribution in [2.45, 2.75) is 44.6 Å². The minimum Gasteiger partial charge on any atom is -0.310 e. The molecule has 0 spiro atoms. The molecule has 1 N–H and O–H groups in total. The maximum absolute atomic E-state index is 13.1. The van der Waals surface area contributed by atoms with Crippen molar-refractivity contribution in [3.05, 3.63) is 35.6 Å². The van der Waals surface area contributed by atoms with Crippen LogP contribution < -0.4 is 5.32 Å². The fourth-order valence-corrected chi connectivity index (χ4v) is 3.40. The van der Waals surface area contributed by atoms with Gasteiger partial charge in [-0.25, -0.2) is 4.39 Å². The number of hydrogen-bond donors (Lipinski definition) is 1. The van der Waals surface area contributed by atoms with Gasteiger partial charge in [0, 0.05) is 6.04 Å². The Hall–Kier alpha value is -0.930. The van der Waals surface area contributed by atoms with Gasteiger partial charge in [0.15, 0.2) is 0 Å². The van der Waals surface area contributed by atoms with Crippen molar-refractivity contribution in [3.63, 3.8) is 0 Å². The summed E-state index contributed by atoms with van der Waals surface area (Å²) in [6.45, 7) is 4.84. The van der Waals surface area contributed by atoms with E-state index in [2.05, 4.69) is 10.2 Å². The highest BCUT2D eigenvalue weighted by Crippen LogP contribution is 2.40. The number of nitrogens with zero attached hydrogens (tertiary/aromatic N) is 1. The van der Waals surface area contributed by atoms with E-state index in [1.165, 1.54) is 63.7 Å². The lowest BCUT2D eigenvalue weighted by Crippen LogP contribution is -2.33. The molecule has 1 saturated heterocycles. The molecule has 1 aliphatic carbocycles. The highest BCUT2D eigenvalue weighted by atomic mass is 19.1. The molecule has 2 aliphatic rings. The fraction of sp³-hybridized carbons (Fsp3) is 0.667. The van der Waals surface area contributed by atoms with E-state index >= 15 is 0 Å². The monoisotopic (exact) mass is 290 g/mol. The van der Waals surface area contributed by atoms with Crippen molar-refractivity contribution in [1.29, 1.82) is 0 Å². The summed E-state index contributed by atoms with van der Waals surface area (Å²) in [5.41, 5.74) is 1.25. The number of halogens is 1. The maximum Gasteiger partial charge on any atom is 0.123 e. The van der Waals surface area contributed by atoms with Crippen molar-refractivity contribution in [2.24, 2.45) is 5.92 Å². The molecule has 21 heavy (non-hydrogen) atoms. The Morgan fingerprint density at radius 1 is 1.10 bits per heavy atom. The summed E-state index contributed by atoms with van der Waals surface area (Å²) in [5, 5.41) is 3.71. The van der Waals surface area contributed by atoms with Gasteiger partial charge < -0.3 is 10.2 Å². The molecule has 1 saturated carbocycles. The van der Waals surface area contributed by atoms with E-state index in [1.807, 2.05) is 12.1 Å². The van der Waals surface area contributed by atoms with Gasteiger partial charge in [-0.15, -0.1) is 0 Å². The van der Waals surface area contributed by atoms with Gasteiger partial charge in [0.25, 0.3) is 0 Å². The van der Waals surface area contributed by atoms with Gasteiger partial charge in [0.2, 0.25) is 0 Å². The third-order valence-electron chi connectivity index (χ3n) is 4.79. The molecule has 1 unspecified atom stereocenters. The van der Waals surface area contributed by atoms with Crippen LogP contribution >= 0.6 is 0 Å². The van der Waals surface area contributed by atoms with Crippen molar-refractivity contribution in [2.75, 3.05) is 26.2 Å². The summed E-state index contributed by atoms with van der Waals surface area (Å²) in [7, 11) is 0. The van der Waals surface area contributed by atoms with Crippen LogP contribution in [0.25, 0.3) is 0 Å². The Kier molecular flexibility index (Phi) is 5.26. The molecule has 0 bridgehead atoms. The largest absolute Gasteiger partial charge is 0.310 e. The first-order valence-corrected chi connectivity index (χ1v) is 8.54. The molecule has 0 aromatic heterocycles. The normalized spacial score (nSPS) is 21.4.